The van der Waals surface area contributed by atoms with E-state index in [-0.39, 0.29) is 5.69 Å². The molecule has 0 aliphatic carbocycles. The van der Waals surface area contributed by atoms with Crippen molar-refractivity contribution in [1.29, 1.82) is 0 Å². The molecule has 1 aromatic carbocycles. The van der Waals surface area contributed by atoms with E-state index in [4.69, 9.17) is 0 Å². The van der Waals surface area contributed by atoms with E-state index in [1.807, 2.05) is 31.2 Å². The molecule has 0 N–H and O–H groups in total. The van der Waals surface area contributed by atoms with Crippen LogP contribution in [0.25, 0.3) is 6.08 Å². The topological polar surface area (TPSA) is 43.1 Å². The average Bonchev–Trinajstić information content (AvgIpc) is 2.19. The predicted octanol–water partition coefficient (Wildman–Crippen LogP) is 3.18. The Bertz CT molecular complexity index is 363. The van der Waals surface area contributed by atoms with Gasteiger partial charge in [-0.1, -0.05) is 24.3 Å². The molecule has 0 aliphatic heterocycles. The summed E-state index contributed by atoms with van der Waals surface area (Å²) in [5.41, 5.74) is 1.07. The second-order valence-corrected chi connectivity index (χ2v) is 2.73. The summed E-state index contributed by atoms with van der Waals surface area (Å²) >= 11 is 0. The first-order valence-corrected chi connectivity index (χ1v) is 4.28. The van der Waals surface area contributed by atoms with Gasteiger partial charge in [-0.15, -0.1) is 0 Å². The van der Waals surface area contributed by atoms with Crippen LogP contribution >= 0.6 is 0 Å². The number of nitro groups is 1. The Labute approximate surface area is 82.5 Å². The van der Waals surface area contributed by atoms with E-state index in [9.17, 15) is 10.1 Å². The normalized spacial score (nSPS) is 11.2. The maximum absolute atomic E-state index is 10.3. The Morgan fingerprint density at radius 1 is 1.21 bits per heavy atom. The van der Waals surface area contributed by atoms with Crippen LogP contribution in [0.15, 0.2) is 42.5 Å². The third-order valence-electron chi connectivity index (χ3n) is 1.70. The van der Waals surface area contributed by atoms with Gasteiger partial charge < -0.3 is 0 Å². The van der Waals surface area contributed by atoms with E-state index in [0.29, 0.717) is 0 Å². The van der Waals surface area contributed by atoms with Gasteiger partial charge in [0.1, 0.15) is 0 Å². The SMILES string of the molecule is C/C=C/C=C/c1ccc([N+](=O)[O-])cc1. The van der Waals surface area contributed by atoms with Crippen molar-refractivity contribution in [2.75, 3.05) is 0 Å². The first-order chi connectivity index (χ1) is 6.74. The summed E-state index contributed by atoms with van der Waals surface area (Å²) in [6.45, 7) is 1.93. The lowest BCUT2D eigenvalue weighted by Gasteiger charge is -1.92. The van der Waals surface area contributed by atoms with E-state index in [1.165, 1.54) is 12.1 Å². The van der Waals surface area contributed by atoms with Gasteiger partial charge in [-0.05, 0) is 24.6 Å². The molecule has 0 heterocycles. The third-order valence-corrected chi connectivity index (χ3v) is 1.70. The number of nitro benzene ring substituents is 1. The van der Waals surface area contributed by atoms with Gasteiger partial charge in [-0.3, -0.25) is 10.1 Å². The number of nitrogens with zero attached hydrogens (tertiary/aromatic N) is 1. The van der Waals surface area contributed by atoms with E-state index in [2.05, 4.69) is 0 Å². The quantitative estimate of drug-likeness (QED) is 0.416. The lowest BCUT2D eigenvalue weighted by molar-refractivity contribution is -0.384. The molecular formula is C11H11NO2. The highest BCUT2D eigenvalue weighted by Gasteiger charge is 2.01. The molecule has 3 heteroatoms. The number of benzene rings is 1. The smallest absolute Gasteiger partial charge is 0.258 e. The zero-order chi connectivity index (χ0) is 10.4. The molecule has 14 heavy (non-hydrogen) atoms. The summed E-state index contributed by atoms with van der Waals surface area (Å²) < 4.78 is 0. The van der Waals surface area contributed by atoms with Crippen LogP contribution in [-0.4, -0.2) is 4.92 Å². The highest BCUT2D eigenvalue weighted by atomic mass is 16.6. The minimum absolute atomic E-state index is 0.119. The average molecular weight is 189 g/mol. The molecular weight excluding hydrogens is 178 g/mol. The van der Waals surface area contributed by atoms with Crippen molar-refractivity contribution in [3.05, 3.63) is 58.2 Å². The predicted molar refractivity (Wildman–Crippen MR) is 56.9 cm³/mol. The summed E-state index contributed by atoms with van der Waals surface area (Å²) in [4.78, 5) is 9.95. The van der Waals surface area contributed by atoms with Crippen molar-refractivity contribution in [3.8, 4) is 0 Å². The molecule has 0 fully saturated rings. The molecule has 0 saturated carbocycles. The molecule has 0 saturated heterocycles. The van der Waals surface area contributed by atoms with Crippen molar-refractivity contribution in [2.45, 2.75) is 6.92 Å². The fourth-order valence-electron chi connectivity index (χ4n) is 0.985. The van der Waals surface area contributed by atoms with Crippen LogP contribution in [0.4, 0.5) is 5.69 Å². The lowest BCUT2D eigenvalue weighted by atomic mass is 10.2. The van der Waals surface area contributed by atoms with Crippen LogP contribution in [0, 0.1) is 10.1 Å². The van der Waals surface area contributed by atoms with E-state index >= 15 is 0 Å². The van der Waals surface area contributed by atoms with Crippen LogP contribution < -0.4 is 0 Å². The molecule has 1 aromatic rings. The van der Waals surface area contributed by atoms with Crippen LogP contribution in [0.1, 0.15) is 12.5 Å². The number of rotatable bonds is 3. The summed E-state index contributed by atoms with van der Waals surface area (Å²) in [6, 6.07) is 6.43. The van der Waals surface area contributed by atoms with Gasteiger partial charge in [0.2, 0.25) is 0 Å². The van der Waals surface area contributed by atoms with E-state index in [1.54, 1.807) is 12.1 Å². The van der Waals surface area contributed by atoms with Crippen molar-refractivity contribution in [2.24, 2.45) is 0 Å². The highest BCUT2D eigenvalue weighted by Crippen LogP contribution is 2.12. The molecule has 1 rings (SSSR count). The van der Waals surface area contributed by atoms with Gasteiger partial charge in [0.05, 0.1) is 4.92 Å². The van der Waals surface area contributed by atoms with Crippen molar-refractivity contribution in [1.82, 2.24) is 0 Å². The van der Waals surface area contributed by atoms with Crippen molar-refractivity contribution < 1.29 is 4.92 Å². The molecule has 0 amide bonds. The van der Waals surface area contributed by atoms with Gasteiger partial charge in [0.15, 0.2) is 0 Å². The minimum Gasteiger partial charge on any atom is -0.258 e. The monoisotopic (exact) mass is 189 g/mol. The van der Waals surface area contributed by atoms with Gasteiger partial charge in [-0.25, -0.2) is 0 Å². The van der Waals surface area contributed by atoms with E-state index in [0.717, 1.165) is 5.56 Å². The molecule has 0 radical (unpaired) electrons. The van der Waals surface area contributed by atoms with Crippen molar-refractivity contribution >= 4 is 11.8 Å². The zero-order valence-corrected chi connectivity index (χ0v) is 7.88. The van der Waals surface area contributed by atoms with Gasteiger partial charge >= 0.3 is 0 Å². The summed E-state index contributed by atoms with van der Waals surface area (Å²) in [7, 11) is 0. The molecule has 3 nitrogen and oxygen atoms in total. The fraction of sp³-hybridized carbons (Fsp3) is 0.0909. The number of non-ortho nitro benzene ring substituents is 1. The van der Waals surface area contributed by atoms with Crippen LogP contribution in [0.5, 0.6) is 0 Å². The number of hydrogen-bond acceptors (Lipinski definition) is 2. The largest absolute Gasteiger partial charge is 0.269 e. The molecule has 0 bridgehead atoms. The second-order valence-electron chi connectivity index (χ2n) is 2.73. The van der Waals surface area contributed by atoms with E-state index < -0.39 is 4.92 Å². The summed E-state index contributed by atoms with van der Waals surface area (Å²) in [5, 5.41) is 10.3. The molecule has 72 valence electrons. The molecule has 0 spiro atoms. The summed E-state index contributed by atoms with van der Waals surface area (Å²) in [6.07, 6.45) is 7.61. The standard InChI is InChI=1S/C11H11NO2/c1-2-3-4-5-10-6-8-11(9-7-10)12(13)14/h2-9H,1H3/b3-2+,5-4+. The molecule has 0 aliphatic rings. The lowest BCUT2D eigenvalue weighted by Crippen LogP contribution is -1.86. The minimum atomic E-state index is -0.403. The fourth-order valence-corrected chi connectivity index (χ4v) is 0.985. The van der Waals surface area contributed by atoms with Gasteiger partial charge in [0, 0.05) is 12.1 Å². The molecule has 0 unspecified atom stereocenters. The van der Waals surface area contributed by atoms with Crippen LogP contribution in [-0.2, 0) is 0 Å². The summed E-state index contributed by atoms with van der Waals surface area (Å²) in [5.74, 6) is 0. The Morgan fingerprint density at radius 3 is 2.36 bits per heavy atom. The van der Waals surface area contributed by atoms with Gasteiger partial charge in [0.25, 0.3) is 5.69 Å². The Hall–Kier alpha value is -1.90. The van der Waals surface area contributed by atoms with Crippen LogP contribution in [0.3, 0.4) is 0 Å². The molecule has 0 aromatic heterocycles. The number of hydrogen-bond donors (Lipinski definition) is 0. The first kappa shape index (κ1) is 10.2. The first-order valence-electron chi connectivity index (χ1n) is 4.28. The van der Waals surface area contributed by atoms with Crippen LogP contribution in [0.2, 0.25) is 0 Å². The number of allylic oxidation sites excluding steroid dienone is 3. The Morgan fingerprint density at radius 2 is 1.86 bits per heavy atom. The Balaban J connectivity index is 2.78. The third kappa shape index (κ3) is 2.86. The molecule has 0 atom stereocenters. The van der Waals surface area contributed by atoms with Crippen molar-refractivity contribution in [3.63, 3.8) is 0 Å². The highest BCUT2D eigenvalue weighted by molar-refractivity contribution is 5.53. The maximum atomic E-state index is 10.3. The van der Waals surface area contributed by atoms with Gasteiger partial charge in [-0.2, -0.15) is 0 Å². The maximum Gasteiger partial charge on any atom is 0.269 e. The second kappa shape index (κ2) is 4.97. The Kier molecular flexibility index (Phi) is 3.61. The zero-order valence-electron chi connectivity index (χ0n) is 7.88.